The molecule has 23 heavy (non-hydrogen) atoms. The molecule has 3 heterocycles. The summed E-state index contributed by atoms with van der Waals surface area (Å²) < 4.78 is 18.0. The maximum Gasteiger partial charge on any atom is 0.324 e. The van der Waals surface area contributed by atoms with Crippen LogP contribution in [0.1, 0.15) is 57.8 Å². The first-order valence-electron chi connectivity index (χ1n) is 9.38. The highest BCUT2D eigenvalue weighted by atomic mass is 31.2. The van der Waals surface area contributed by atoms with Gasteiger partial charge in [0, 0.05) is 39.3 Å². The number of hydrogen-bond donors (Lipinski definition) is 1. The number of nitrogens with one attached hydrogen (secondary N) is 1. The Kier molecular flexibility index (Phi) is 6.00. The highest BCUT2D eigenvalue weighted by molar-refractivity contribution is 7.57. The van der Waals surface area contributed by atoms with Crippen molar-refractivity contribution in [2.45, 2.75) is 57.8 Å². The van der Waals surface area contributed by atoms with Crippen molar-refractivity contribution in [3.05, 3.63) is 0 Å². The Bertz CT molecular complexity index is 419. The maximum absolute atomic E-state index is 13.9. The van der Waals surface area contributed by atoms with Crippen LogP contribution in [0.4, 0.5) is 4.79 Å². The fraction of sp³-hybridized carbons (Fsp3) is 0.938. The summed E-state index contributed by atoms with van der Waals surface area (Å²) in [5, 5.41) is 3.00. The molecule has 3 aliphatic heterocycles. The molecule has 3 fully saturated rings. The molecule has 0 aliphatic carbocycles. The summed E-state index contributed by atoms with van der Waals surface area (Å²) in [6, 6.07) is -0.121. The van der Waals surface area contributed by atoms with Crippen LogP contribution in [0.3, 0.4) is 0 Å². The zero-order chi connectivity index (χ0) is 16.1. The first kappa shape index (κ1) is 17.2. The maximum atomic E-state index is 13.9. The number of nitrogens with zero attached hydrogens (tertiary/aromatic N) is 3. The highest BCUT2D eigenvalue weighted by Gasteiger charge is 2.40. The number of likely N-dealkylation sites (tertiary alicyclic amines) is 1. The van der Waals surface area contributed by atoms with Gasteiger partial charge in [-0.25, -0.2) is 14.1 Å². The van der Waals surface area contributed by atoms with Gasteiger partial charge in [0.05, 0.1) is 0 Å². The lowest BCUT2D eigenvalue weighted by atomic mass is 10.1. The van der Waals surface area contributed by atoms with E-state index in [0.29, 0.717) is 0 Å². The van der Waals surface area contributed by atoms with Crippen molar-refractivity contribution in [3.63, 3.8) is 0 Å². The second kappa shape index (κ2) is 8.00. The van der Waals surface area contributed by atoms with Crippen LogP contribution in [0.5, 0.6) is 0 Å². The molecule has 0 aromatic heterocycles. The first-order chi connectivity index (χ1) is 11.2. The monoisotopic (exact) mass is 342 g/mol. The van der Waals surface area contributed by atoms with Crippen LogP contribution in [0.15, 0.2) is 0 Å². The number of amides is 2. The van der Waals surface area contributed by atoms with Gasteiger partial charge in [-0.3, -0.25) is 9.65 Å². The molecule has 0 unspecified atom stereocenters. The average Bonchev–Trinajstić information content (AvgIpc) is 2.64. The van der Waals surface area contributed by atoms with Crippen molar-refractivity contribution in [3.8, 4) is 0 Å². The van der Waals surface area contributed by atoms with Gasteiger partial charge in [0.25, 0.3) is 0 Å². The number of carbonyl (C=O) groups excluding carboxylic acids is 1. The molecule has 0 atom stereocenters. The SMILES string of the molecule is O=C(NP(=O)(N1CCCCC1)N1CCCCC1)N1CCCCC1. The molecule has 2 amide bonds. The Balaban J connectivity index is 1.73. The van der Waals surface area contributed by atoms with Crippen LogP contribution >= 0.6 is 7.59 Å². The van der Waals surface area contributed by atoms with Gasteiger partial charge in [0.15, 0.2) is 0 Å². The third kappa shape index (κ3) is 4.09. The minimum Gasteiger partial charge on any atom is -0.324 e. The van der Waals surface area contributed by atoms with Crippen molar-refractivity contribution >= 4 is 13.6 Å². The van der Waals surface area contributed by atoms with E-state index in [4.69, 9.17) is 0 Å². The Morgan fingerprint density at radius 1 is 0.652 bits per heavy atom. The lowest BCUT2D eigenvalue weighted by molar-refractivity contribution is 0.188. The van der Waals surface area contributed by atoms with Crippen molar-refractivity contribution in [2.24, 2.45) is 0 Å². The van der Waals surface area contributed by atoms with Gasteiger partial charge in [0.2, 0.25) is 0 Å². The van der Waals surface area contributed by atoms with Gasteiger partial charge in [-0.05, 0) is 44.9 Å². The Labute approximate surface area is 140 Å². The lowest BCUT2D eigenvalue weighted by Crippen LogP contribution is -2.49. The van der Waals surface area contributed by atoms with Gasteiger partial charge in [-0.1, -0.05) is 12.8 Å². The van der Waals surface area contributed by atoms with E-state index >= 15 is 0 Å². The summed E-state index contributed by atoms with van der Waals surface area (Å²) >= 11 is 0. The van der Waals surface area contributed by atoms with E-state index < -0.39 is 7.59 Å². The van der Waals surface area contributed by atoms with Crippen molar-refractivity contribution in [1.29, 1.82) is 0 Å². The molecule has 3 saturated heterocycles. The number of piperidine rings is 3. The van der Waals surface area contributed by atoms with Crippen molar-refractivity contribution < 1.29 is 9.36 Å². The molecular formula is C16H31N4O2P. The van der Waals surface area contributed by atoms with Crippen molar-refractivity contribution in [1.82, 2.24) is 19.3 Å². The van der Waals surface area contributed by atoms with Crippen LogP contribution in [-0.2, 0) is 4.57 Å². The highest BCUT2D eigenvalue weighted by Crippen LogP contribution is 2.51. The molecule has 7 heteroatoms. The number of hydrogen-bond acceptors (Lipinski definition) is 2. The van der Waals surface area contributed by atoms with Crippen LogP contribution in [-0.4, -0.2) is 59.5 Å². The molecule has 3 aliphatic rings. The summed E-state index contributed by atoms with van der Waals surface area (Å²) in [6.07, 6.45) is 10.0. The minimum atomic E-state index is -2.97. The van der Waals surface area contributed by atoms with Crippen LogP contribution in [0.2, 0.25) is 0 Å². The predicted octanol–water partition coefficient (Wildman–Crippen LogP) is 3.26. The lowest BCUT2D eigenvalue weighted by Gasteiger charge is -2.43. The largest absolute Gasteiger partial charge is 0.324 e. The quantitative estimate of drug-likeness (QED) is 0.800. The van der Waals surface area contributed by atoms with Crippen LogP contribution in [0, 0.1) is 0 Å². The van der Waals surface area contributed by atoms with Crippen LogP contribution in [0.25, 0.3) is 0 Å². The van der Waals surface area contributed by atoms with E-state index in [9.17, 15) is 9.36 Å². The number of rotatable bonds is 3. The van der Waals surface area contributed by atoms with Gasteiger partial charge in [0.1, 0.15) is 0 Å². The summed E-state index contributed by atoms with van der Waals surface area (Å²) in [6.45, 7) is 4.96. The minimum absolute atomic E-state index is 0.121. The smallest absolute Gasteiger partial charge is 0.324 e. The van der Waals surface area contributed by atoms with Gasteiger partial charge < -0.3 is 4.90 Å². The number of urea groups is 1. The standard InChI is InChI=1S/C16H31N4O2P/c21-16(18-10-4-1-5-11-18)17-23(22,19-12-6-2-7-13-19)20-14-8-3-9-15-20/h1-15H2,(H,17,21,22). The van der Waals surface area contributed by atoms with E-state index in [1.54, 1.807) is 0 Å². The second-order valence-electron chi connectivity index (χ2n) is 7.04. The van der Waals surface area contributed by atoms with E-state index in [1.165, 1.54) is 19.3 Å². The molecule has 0 radical (unpaired) electrons. The average molecular weight is 342 g/mol. The molecule has 0 aromatic rings. The van der Waals surface area contributed by atoms with E-state index in [2.05, 4.69) is 14.4 Å². The third-order valence-corrected chi connectivity index (χ3v) is 8.13. The number of carbonyl (C=O) groups is 1. The second-order valence-corrected chi connectivity index (χ2v) is 9.48. The molecule has 0 aromatic carbocycles. The molecule has 1 N–H and O–H groups in total. The summed E-state index contributed by atoms with van der Waals surface area (Å²) in [5.41, 5.74) is 0. The molecule has 0 bridgehead atoms. The van der Waals surface area contributed by atoms with E-state index in [-0.39, 0.29) is 6.03 Å². The summed E-state index contributed by atoms with van der Waals surface area (Å²) in [4.78, 5) is 14.5. The van der Waals surface area contributed by atoms with E-state index in [0.717, 1.165) is 77.8 Å². The summed E-state index contributed by atoms with van der Waals surface area (Å²) in [7, 11) is -2.97. The van der Waals surface area contributed by atoms with Crippen LogP contribution < -0.4 is 5.09 Å². The molecular weight excluding hydrogens is 311 g/mol. The molecule has 132 valence electrons. The Morgan fingerprint density at radius 3 is 1.48 bits per heavy atom. The Hall–Kier alpha value is -0.580. The first-order valence-corrected chi connectivity index (χ1v) is 11.0. The summed E-state index contributed by atoms with van der Waals surface area (Å²) in [5.74, 6) is 0. The third-order valence-electron chi connectivity index (χ3n) is 5.32. The molecule has 6 nitrogen and oxygen atoms in total. The van der Waals surface area contributed by atoms with Gasteiger partial charge in [-0.2, -0.15) is 0 Å². The topological polar surface area (TPSA) is 55.9 Å². The van der Waals surface area contributed by atoms with E-state index in [1.807, 2.05) is 4.90 Å². The fourth-order valence-corrected chi connectivity index (χ4v) is 6.59. The van der Waals surface area contributed by atoms with Gasteiger partial charge in [-0.15, -0.1) is 0 Å². The fourth-order valence-electron chi connectivity index (χ4n) is 3.91. The van der Waals surface area contributed by atoms with Crippen molar-refractivity contribution in [2.75, 3.05) is 39.3 Å². The van der Waals surface area contributed by atoms with Gasteiger partial charge >= 0.3 is 13.6 Å². The Morgan fingerprint density at radius 2 is 1.04 bits per heavy atom. The predicted molar refractivity (Wildman–Crippen MR) is 92.4 cm³/mol. The molecule has 3 rings (SSSR count). The molecule has 0 saturated carbocycles. The molecule has 0 spiro atoms. The zero-order valence-corrected chi connectivity index (χ0v) is 15.1. The normalized spacial score (nSPS) is 25.3. The zero-order valence-electron chi connectivity index (χ0n) is 14.2.